The number of nitrogens with one attached hydrogen (secondary N) is 1. The lowest BCUT2D eigenvalue weighted by molar-refractivity contribution is -0.605. The average molecular weight is 513 g/mol. The molecule has 28 heavy (non-hydrogen) atoms. The molecule has 2 aromatic rings. The molecule has 3 rings (SSSR count). The lowest BCUT2D eigenvalue weighted by atomic mass is 9.66. The average Bonchev–Trinajstić information content (AvgIpc) is 2.60. The standard InChI is InChI=1S/C19H19Br2N3O4/c1-19(2)17(23(25)26)15(11-3-7-13(20)8-4-11)22-16(18(19)24(27)28)12-5-9-14(21)10-6-12/h3-10,15-18,22H,1-2H3/t15-,16-,17-,18+/m0/s1. The van der Waals surface area contributed by atoms with Crippen LogP contribution in [0.2, 0.25) is 0 Å². The van der Waals surface area contributed by atoms with Crippen LogP contribution in [0, 0.1) is 25.6 Å². The van der Waals surface area contributed by atoms with E-state index in [2.05, 4.69) is 37.2 Å². The van der Waals surface area contributed by atoms with E-state index < -0.39 is 39.4 Å². The van der Waals surface area contributed by atoms with Crippen molar-refractivity contribution >= 4 is 31.9 Å². The Hall–Kier alpha value is -1.84. The summed E-state index contributed by atoms with van der Waals surface area (Å²) in [6.07, 6.45) is 0. The third-order valence-corrected chi connectivity index (χ3v) is 6.49. The van der Waals surface area contributed by atoms with Crippen LogP contribution in [0.15, 0.2) is 57.5 Å². The second-order valence-corrected chi connectivity index (χ2v) is 9.34. The van der Waals surface area contributed by atoms with E-state index in [4.69, 9.17) is 0 Å². The lowest BCUT2D eigenvalue weighted by Gasteiger charge is -2.44. The Balaban J connectivity index is 2.14. The van der Waals surface area contributed by atoms with Crippen LogP contribution in [0.4, 0.5) is 0 Å². The van der Waals surface area contributed by atoms with Crippen molar-refractivity contribution in [3.05, 3.63) is 88.8 Å². The van der Waals surface area contributed by atoms with Gasteiger partial charge in [0, 0.05) is 18.8 Å². The van der Waals surface area contributed by atoms with Gasteiger partial charge < -0.3 is 0 Å². The van der Waals surface area contributed by atoms with Gasteiger partial charge in [-0.05, 0) is 49.2 Å². The van der Waals surface area contributed by atoms with E-state index in [1.807, 2.05) is 24.3 Å². The fourth-order valence-corrected chi connectivity index (χ4v) is 4.62. The van der Waals surface area contributed by atoms with Crippen LogP contribution in [-0.4, -0.2) is 21.9 Å². The van der Waals surface area contributed by atoms with Gasteiger partial charge in [0.05, 0.1) is 0 Å². The SMILES string of the molecule is CC1(C)[C@@H]([N+](=O)[O-])[C@H](c2ccc(Br)cc2)N[C@@H](c2ccc(Br)cc2)[C@H]1[N+](=O)[O-]. The Morgan fingerprint density at radius 2 is 1.11 bits per heavy atom. The Morgan fingerprint density at radius 3 is 1.39 bits per heavy atom. The molecule has 1 aliphatic heterocycles. The lowest BCUT2D eigenvalue weighted by Crippen LogP contribution is -2.63. The molecule has 1 fully saturated rings. The molecule has 1 aliphatic rings. The highest BCUT2D eigenvalue weighted by atomic mass is 79.9. The molecule has 0 aromatic heterocycles. The summed E-state index contributed by atoms with van der Waals surface area (Å²) < 4.78 is 1.72. The first kappa shape index (κ1) is 20.9. The minimum atomic E-state index is -1.19. The molecule has 1 N–H and O–H groups in total. The Bertz CT molecular complexity index is 816. The molecule has 1 heterocycles. The number of piperidine rings is 1. The normalized spacial score (nSPS) is 26.6. The Kier molecular flexibility index (Phi) is 5.88. The van der Waals surface area contributed by atoms with Gasteiger partial charge in [0.2, 0.25) is 12.1 Å². The van der Waals surface area contributed by atoms with Crippen LogP contribution < -0.4 is 5.32 Å². The van der Waals surface area contributed by atoms with Crippen LogP contribution in [0.25, 0.3) is 0 Å². The first-order valence-electron chi connectivity index (χ1n) is 8.67. The molecule has 0 amide bonds. The molecule has 1 saturated heterocycles. The minimum Gasteiger partial charge on any atom is -0.291 e. The van der Waals surface area contributed by atoms with Crippen molar-refractivity contribution in [1.29, 1.82) is 0 Å². The number of rotatable bonds is 4. The summed E-state index contributed by atoms with van der Waals surface area (Å²) >= 11 is 6.74. The number of hydrogen-bond donors (Lipinski definition) is 1. The second kappa shape index (κ2) is 7.88. The highest BCUT2D eigenvalue weighted by Crippen LogP contribution is 2.47. The maximum Gasteiger partial charge on any atom is 0.243 e. The molecule has 7 nitrogen and oxygen atoms in total. The Labute approximate surface area is 179 Å². The van der Waals surface area contributed by atoms with Gasteiger partial charge in [0.1, 0.15) is 17.5 Å². The molecule has 0 radical (unpaired) electrons. The molecule has 4 atom stereocenters. The van der Waals surface area contributed by atoms with Crippen molar-refractivity contribution in [3.8, 4) is 0 Å². The van der Waals surface area contributed by atoms with E-state index in [9.17, 15) is 20.2 Å². The molecular formula is C19H19Br2N3O4. The smallest absolute Gasteiger partial charge is 0.243 e. The molecule has 148 valence electrons. The molecule has 0 bridgehead atoms. The van der Waals surface area contributed by atoms with Crippen molar-refractivity contribution in [2.24, 2.45) is 5.41 Å². The zero-order chi connectivity index (χ0) is 20.6. The van der Waals surface area contributed by atoms with E-state index >= 15 is 0 Å². The summed E-state index contributed by atoms with van der Waals surface area (Å²) in [5.74, 6) is 0. The molecule has 9 heteroatoms. The molecule has 0 spiro atoms. The van der Waals surface area contributed by atoms with Crippen molar-refractivity contribution in [3.63, 3.8) is 0 Å². The topological polar surface area (TPSA) is 98.3 Å². The van der Waals surface area contributed by atoms with E-state index in [0.29, 0.717) is 0 Å². The first-order chi connectivity index (χ1) is 13.1. The van der Waals surface area contributed by atoms with Gasteiger partial charge in [-0.1, -0.05) is 56.1 Å². The summed E-state index contributed by atoms with van der Waals surface area (Å²) in [6.45, 7) is 3.24. The van der Waals surface area contributed by atoms with Crippen molar-refractivity contribution in [1.82, 2.24) is 5.32 Å². The maximum atomic E-state index is 12.0. The number of benzene rings is 2. The predicted octanol–water partition coefficient (Wildman–Crippen LogP) is 4.91. The summed E-state index contributed by atoms with van der Waals surface area (Å²) in [5.41, 5.74) is 0.261. The van der Waals surface area contributed by atoms with Gasteiger partial charge in [-0.2, -0.15) is 0 Å². The van der Waals surface area contributed by atoms with Crippen LogP contribution in [0.3, 0.4) is 0 Å². The number of nitro groups is 2. The van der Waals surface area contributed by atoms with Crippen LogP contribution in [0.5, 0.6) is 0 Å². The van der Waals surface area contributed by atoms with Gasteiger partial charge in [-0.25, -0.2) is 0 Å². The third-order valence-electron chi connectivity index (χ3n) is 5.43. The summed E-state index contributed by atoms with van der Waals surface area (Å²) in [6, 6.07) is 10.8. The molecular weight excluding hydrogens is 494 g/mol. The monoisotopic (exact) mass is 511 g/mol. The Morgan fingerprint density at radius 1 is 0.786 bits per heavy atom. The van der Waals surface area contributed by atoms with Crippen molar-refractivity contribution < 1.29 is 9.85 Å². The van der Waals surface area contributed by atoms with Gasteiger partial charge in [-0.15, -0.1) is 0 Å². The number of hydrogen-bond acceptors (Lipinski definition) is 5. The van der Waals surface area contributed by atoms with Crippen LogP contribution in [0.1, 0.15) is 37.1 Å². The highest BCUT2D eigenvalue weighted by molar-refractivity contribution is 9.10. The van der Waals surface area contributed by atoms with E-state index in [-0.39, 0.29) is 0 Å². The molecule has 0 saturated carbocycles. The summed E-state index contributed by atoms with van der Waals surface area (Å²) in [5, 5.41) is 27.2. The van der Waals surface area contributed by atoms with Gasteiger partial charge in [-0.3, -0.25) is 25.5 Å². The number of nitrogens with zero attached hydrogens (tertiary/aromatic N) is 2. The third kappa shape index (κ3) is 3.83. The molecule has 2 aromatic carbocycles. The van der Waals surface area contributed by atoms with Crippen molar-refractivity contribution in [2.75, 3.05) is 0 Å². The van der Waals surface area contributed by atoms with Crippen LogP contribution >= 0.6 is 31.9 Å². The van der Waals surface area contributed by atoms with Gasteiger partial charge in [0.15, 0.2) is 0 Å². The van der Waals surface area contributed by atoms with Gasteiger partial charge in [0.25, 0.3) is 0 Å². The van der Waals surface area contributed by atoms with E-state index in [0.717, 1.165) is 20.1 Å². The van der Waals surface area contributed by atoms with Gasteiger partial charge >= 0.3 is 0 Å². The predicted molar refractivity (Wildman–Crippen MR) is 112 cm³/mol. The zero-order valence-electron chi connectivity index (χ0n) is 15.2. The zero-order valence-corrected chi connectivity index (χ0v) is 18.4. The minimum absolute atomic E-state index is 0.395. The summed E-state index contributed by atoms with van der Waals surface area (Å²) in [7, 11) is 0. The van der Waals surface area contributed by atoms with E-state index in [1.165, 1.54) is 0 Å². The van der Waals surface area contributed by atoms with Crippen molar-refractivity contribution in [2.45, 2.75) is 38.0 Å². The first-order valence-corrected chi connectivity index (χ1v) is 10.3. The fraction of sp³-hybridized carbons (Fsp3) is 0.368. The quantitative estimate of drug-likeness (QED) is 0.463. The summed E-state index contributed by atoms with van der Waals surface area (Å²) in [4.78, 5) is 23.2. The maximum absolute atomic E-state index is 12.0. The fourth-order valence-electron chi connectivity index (χ4n) is 4.09. The molecule has 0 aliphatic carbocycles. The molecule has 0 unspecified atom stereocenters. The highest BCUT2D eigenvalue weighted by Gasteiger charge is 2.62. The largest absolute Gasteiger partial charge is 0.291 e. The second-order valence-electron chi connectivity index (χ2n) is 7.51. The van der Waals surface area contributed by atoms with Crippen LogP contribution in [-0.2, 0) is 0 Å². The number of halogens is 2. The van der Waals surface area contributed by atoms with E-state index in [1.54, 1.807) is 38.1 Å².